The number of halogens is 3. The number of hydrogen-bond acceptors (Lipinski definition) is 5. The van der Waals surface area contributed by atoms with Crippen LogP contribution in [0.3, 0.4) is 0 Å². The molecule has 196 valence electrons. The zero-order chi connectivity index (χ0) is 27.0. The average Bonchev–Trinajstić information content (AvgIpc) is 3.43. The minimum Gasteiger partial charge on any atom is -0.487 e. The second-order valence-corrected chi connectivity index (χ2v) is 9.22. The number of alkyl halides is 3. The molecule has 1 aromatic heterocycles. The van der Waals surface area contributed by atoms with Gasteiger partial charge in [0.05, 0.1) is 11.6 Å². The highest BCUT2D eigenvalue weighted by molar-refractivity contribution is 5.93. The Bertz CT molecular complexity index is 1410. The molecular weight excluding hydrogens is 499 g/mol. The lowest BCUT2D eigenvalue weighted by molar-refractivity contribution is -0.137. The van der Waals surface area contributed by atoms with Crippen LogP contribution < -0.4 is 15.4 Å². The normalized spacial score (nSPS) is 23.5. The van der Waals surface area contributed by atoms with Gasteiger partial charge < -0.3 is 20.1 Å². The summed E-state index contributed by atoms with van der Waals surface area (Å²) in [5.41, 5.74) is 1.09. The third kappa shape index (κ3) is 5.34. The molecule has 0 spiro atoms. The maximum Gasteiger partial charge on any atom is 0.416 e. The van der Waals surface area contributed by atoms with E-state index in [0.717, 1.165) is 23.3 Å². The van der Waals surface area contributed by atoms with Crippen molar-refractivity contribution < 1.29 is 32.2 Å². The van der Waals surface area contributed by atoms with Gasteiger partial charge in [0.15, 0.2) is 0 Å². The Labute approximate surface area is 216 Å². The van der Waals surface area contributed by atoms with Crippen molar-refractivity contribution in [3.63, 3.8) is 0 Å². The minimum absolute atomic E-state index is 0.0717. The molecule has 1 aliphatic carbocycles. The zero-order valence-electron chi connectivity index (χ0n) is 20.3. The summed E-state index contributed by atoms with van der Waals surface area (Å²) in [5.74, 6) is 1.76. The molecule has 3 aliphatic rings. The lowest BCUT2D eigenvalue weighted by Gasteiger charge is -2.18. The summed E-state index contributed by atoms with van der Waals surface area (Å²) in [5, 5.41) is 5.55. The number of allylic oxidation sites excluding steroid dienone is 4. The number of pyridine rings is 1. The van der Waals surface area contributed by atoms with E-state index in [1.165, 1.54) is 24.3 Å². The SMILES string of the molecule is C=C1/C(=C\C=C(/C)Oc2ccnc3c2CCC(=O)N3)O[C@@H]2[C@@H](NC(=O)/C=C/c3cccc(C(F)(F)F)c3)[C@H]12. The predicted molar refractivity (Wildman–Crippen MR) is 134 cm³/mol. The maximum atomic E-state index is 12.9. The van der Waals surface area contributed by atoms with Gasteiger partial charge in [-0.15, -0.1) is 0 Å². The molecule has 1 saturated carbocycles. The number of benzene rings is 1. The highest BCUT2D eigenvalue weighted by atomic mass is 19.4. The van der Waals surface area contributed by atoms with Gasteiger partial charge in [-0.1, -0.05) is 18.7 Å². The molecular formula is C28H24F3N3O4. The van der Waals surface area contributed by atoms with E-state index in [1.54, 1.807) is 31.3 Å². The summed E-state index contributed by atoms with van der Waals surface area (Å²) < 4.78 is 50.5. The molecule has 0 unspecified atom stereocenters. The Balaban J connectivity index is 1.15. The van der Waals surface area contributed by atoms with Crippen molar-refractivity contribution in [1.29, 1.82) is 0 Å². The molecule has 10 heteroatoms. The fourth-order valence-electron chi connectivity index (χ4n) is 4.51. The molecule has 2 aliphatic heterocycles. The number of nitrogens with one attached hydrogen (secondary N) is 2. The summed E-state index contributed by atoms with van der Waals surface area (Å²) in [4.78, 5) is 28.1. The van der Waals surface area contributed by atoms with Gasteiger partial charge >= 0.3 is 6.18 Å². The topological polar surface area (TPSA) is 89.6 Å². The summed E-state index contributed by atoms with van der Waals surface area (Å²) in [6.45, 7) is 5.88. The van der Waals surface area contributed by atoms with E-state index in [0.29, 0.717) is 35.9 Å². The van der Waals surface area contributed by atoms with Crippen LogP contribution >= 0.6 is 0 Å². The van der Waals surface area contributed by atoms with E-state index in [-0.39, 0.29) is 29.5 Å². The van der Waals surface area contributed by atoms with E-state index in [1.807, 2.05) is 0 Å². The number of anilines is 1. The summed E-state index contributed by atoms with van der Waals surface area (Å²) in [6.07, 6.45) is 3.85. The van der Waals surface area contributed by atoms with Crippen LogP contribution in [0.4, 0.5) is 19.0 Å². The average molecular weight is 524 g/mol. The van der Waals surface area contributed by atoms with Crippen molar-refractivity contribution in [2.24, 2.45) is 5.92 Å². The summed E-state index contributed by atoms with van der Waals surface area (Å²) in [7, 11) is 0. The number of fused-ring (bicyclic) bond motifs is 2. The number of nitrogens with zero attached hydrogens (tertiary/aromatic N) is 1. The van der Waals surface area contributed by atoms with Crippen LogP contribution in [-0.4, -0.2) is 28.9 Å². The molecule has 1 aromatic carbocycles. The quantitative estimate of drug-likeness (QED) is 0.414. The standard InChI is InChI=1S/C28H24F3N3O4/c1-15(37-21-12-13-32-27-19(21)8-11-23(36)34-27)6-9-20-16(2)24-25(26(24)38-20)33-22(35)10-7-17-4-3-5-18(14-17)28(29,30)31/h3-7,9-10,12-14,24-26H,2,8,11H2,1H3,(H,33,35)(H,32,34,36)/b10-7+,15-6+,20-9+/t24-,25-,26-/m0/s1. The van der Waals surface area contributed by atoms with Crippen LogP contribution in [0.15, 0.2) is 78.4 Å². The molecule has 0 bridgehead atoms. The molecule has 3 atom stereocenters. The van der Waals surface area contributed by atoms with Crippen LogP contribution in [0.5, 0.6) is 5.75 Å². The van der Waals surface area contributed by atoms with Gasteiger partial charge in [0.2, 0.25) is 11.8 Å². The number of rotatable bonds is 6. The number of hydrogen-bond donors (Lipinski definition) is 2. The first-order valence-electron chi connectivity index (χ1n) is 12.0. The maximum absolute atomic E-state index is 12.9. The number of aromatic nitrogens is 1. The molecule has 2 N–H and O–H groups in total. The Hall–Kier alpha value is -4.34. The largest absolute Gasteiger partial charge is 0.487 e. The van der Waals surface area contributed by atoms with Crippen molar-refractivity contribution in [1.82, 2.24) is 10.3 Å². The highest BCUT2D eigenvalue weighted by Crippen LogP contribution is 2.50. The summed E-state index contributed by atoms with van der Waals surface area (Å²) in [6, 6.07) is 6.24. The Morgan fingerprint density at radius 2 is 2.11 bits per heavy atom. The third-order valence-corrected chi connectivity index (χ3v) is 6.50. The van der Waals surface area contributed by atoms with Crippen molar-refractivity contribution in [2.75, 3.05) is 5.32 Å². The number of amides is 2. The predicted octanol–water partition coefficient (Wildman–Crippen LogP) is 4.93. The van der Waals surface area contributed by atoms with Crippen molar-refractivity contribution in [3.05, 3.63) is 95.1 Å². The molecule has 2 aromatic rings. The second-order valence-electron chi connectivity index (χ2n) is 9.22. The van der Waals surface area contributed by atoms with Gasteiger partial charge in [0, 0.05) is 30.2 Å². The van der Waals surface area contributed by atoms with Crippen LogP contribution in [0.1, 0.15) is 30.0 Å². The van der Waals surface area contributed by atoms with Crippen molar-refractivity contribution >= 4 is 23.7 Å². The molecule has 2 fully saturated rings. The second kappa shape index (κ2) is 9.85. The molecule has 7 nitrogen and oxygen atoms in total. The first-order chi connectivity index (χ1) is 18.1. The van der Waals surface area contributed by atoms with E-state index in [4.69, 9.17) is 9.47 Å². The van der Waals surface area contributed by atoms with Gasteiger partial charge in [-0.3, -0.25) is 9.59 Å². The molecule has 2 amide bonds. The van der Waals surface area contributed by atoms with E-state index in [2.05, 4.69) is 22.2 Å². The zero-order valence-corrected chi connectivity index (χ0v) is 20.3. The van der Waals surface area contributed by atoms with Gasteiger partial charge in [-0.25, -0.2) is 4.98 Å². The minimum atomic E-state index is -4.45. The Kier molecular flexibility index (Phi) is 6.56. The van der Waals surface area contributed by atoms with Crippen LogP contribution in [0.2, 0.25) is 0 Å². The van der Waals surface area contributed by atoms with E-state index in [9.17, 15) is 22.8 Å². The smallest absolute Gasteiger partial charge is 0.416 e. The number of carbonyl (C=O) groups is 2. The van der Waals surface area contributed by atoms with Crippen LogP contribution in [0.25, 0.3) is 6.08 Å². The van der Waals surface area contributed by atoms with Gasteiger partial charge in [0.25, 0.3) is 0 Å². The first-order valence-corrected chi connectivity index (χ1v) is 12.0. The fraction of sp³-hybridized carbons (Fsp3) is 0.250. The number of carbonyl (C=O) groups excluding carboxylic acids is 2. The number of ether oxygens (including phenoxy) is 2. The molecule has 38 heavy (non-hydrogen) atoms. The van der Waals surface area contributed by atoms with Gasteiger partial charge in [-0.2, -0.15) is 13.2 Å². The van der Waals surface area contributed by atoms with Crippen LogP contribution in [0, 0.1) is 5.92 Å². The van der Waals surface area contributed by atoms with Crippen LogP contribution in [-0.2, 0) is 26.9 Å². The monoisotopic (exact) mass is 523 g/mol. The van der Waals surface area contributed by atoms with Gasteiger partial charge in [0.1, 0.15) is 29.2 Å². The Morgan fingerprint density at radius 1 is 1.29 bits per heavy atom. The highest BCUT2D eigenvalue weighted by Gasteiger charge is 2.60. The van der Waals surface area contributed by atoms with Crippen molar-refractivity contribution in [2.45, 2.75) is 38.1 Å². The molecule has 1 saturated heterocycles. The molecule has 3 heterocycles. The lowest BCUT2D eigenvalue weighted by atomic mass is 10.1. The lowest BCUT2D eigenvalue weighted by Crippen LogP contribution is -2.28. The molecule has 5 rings (SSSR count). The third-order valence-electron chi connectivity index (χ3n) is 6.50. The summed E-state index contributed by atoms with van der Waals surface area (Å²) >= 11 is 0. The fourth-order valence-corrected chi connectivity index (χ4v) is 4.51. The van der Waals surface area contributed by atoms with E-state index < -0.39 is 17.6 Å². The Morgan fingerprint density at radius 3 is 2.84 bits per heavy atom. The van der Waals surface area contributed by atoms with Gasteiger partial charge in [-0.05, 0) is 60.9 Å². The molecule has 0 radical (unpaired) electrons. The first kappa shape index (κ1) is 25.3. The van der Waals surface area contributed by atoms with Crippen molar-refractivity contribution in [3.8, 4) is 5.75 Å². The van der Waals surface area contributed by atoms with E-state index >= 15 is 0 Å².